The summed E-state index contributed by atoms with van der Waals surface area (Å²) in [7, 11) is 0. The van der Waals surface area contributed by atoms with E-state index in [0.717, 1.165) is 4.57 Å². The molecule has 1 aromatic rings. The number of H-pyrrole nitrogens is 1. The summed E-state index contributed by atoms with van der Waals surface area (Å²) in [4.78, 5) is 24.4. The highest BCUT2D eigenvalue weighted by molar-refractivity contribution is 4.88. The molecule has 0 bridgehead atoms. The number of aromatic nitrogens is 2. The van der Waals surface area contributed by atoms with Gasteiger partial charge in [0.1, 0.15) is 6.10 Å². The van der Waals surface area contributed by atoms with Crippen molar-refractivity contribution in [2.45, 2.75) is 24.9 Å². The summed E-state index contributed by atoms with van der Waals surface area (Å²) in [5.74, 6) is 0. The summed E-state index contributed by atoms with van der Waals surface area (Å²) in [6.45, 7) is 0.283. The Morgan fingerprint density at radius 2 is 2.38 bits per heavy atom. The van der Waals surface area contributed by atoms with Crippen LogP contribution in [-0.2, 0) is 4.74 Å². The van der Waals surface area contributed by atoms with E-state index in [2.05, 4.69) is 4.98 Å². The molecular weight excluding hydrogens is 214 g/mol. The summed E-state index contributed by atoms with van der Waals surface area (Å²) in [5, 5.41) is 9.71. The molecule has 1 saturated heterocycles. The van der Waals surface area contributed by atoms with E-state index in [9.17, 15) is 14.7 Å². The van der Waals surface area contributed by atoms with Gasteiger partial charge in [0.2, 0.25) is 0 Å². The normalized spacial score (nSPS) is 29.5. The molecular formula is C9H13N3O4. The second kappa shape index (κ2) is 4.20. The van der Waals surface area contributed by atoms with Crippen LogP contribution in [0.3, 0.4) is 0 Å². The lowest BCUT2D eigenvalue weighted by Crippen LogP contribution is -2.35. The summed E-state index contributed by atoms with van der Waals surface area (Å²) < 4.78 is 6.55. The fourth-order valence-corrected chi connectivity index (χ4v) is 1.76. The molecule has 0 saturated carbocycles. The molecule has 0 aromatic carbocycles. The maximum absolute atomic E-state index is 11.5. The van der Waals surface area contributed by atoms with Crippen LogP contribution >= 0.6 is 0 Å². The van der Waals surface area contributed by atoms with Crippen molar-refractivity contribution >= 4 is 0 Å². The highest BCUT2D eigenvalue weighted by Gasteiger charge is 2.34. The van der Waals surface area contributed by atoms with Crippen molar-refractivity contribution < 1.29 is 9.84 Å². The molecule has 1 aromatic heterocycles. The van der Waals surface area contributed by atoms with E-state index in [1.165, 1.54) is 12.3 Å². The summed E-state index contributed by atoms with van der Waals surface area (Å²) in [6.07, 6.45) is -0.158. The zero-order valence-electron chi connectivity index (χ0n) is 8.50. The second-order valence-corrected chi connectivity index (χ2v) is 3.70. The maximum Gasteiger partial charge on any atom is 0.330 e. The zero-order chi connectivity index (χ0) is 11.7. The summed E-state index contributed by atoms with van der Waals surface area (Å²) in [6, 6.07) is 1.20. The second-order valence-electron chi connectivity index (χ2n) is 3.70. The molecule has 2 heterocycles. The van der Waals surface area contributed by atoms with Gasteiger partial charge >= 0.3 is 5.69 Å². The minimum Gasteiger partial charge on any atom is -0.388 e. The quantitative estimate of drug-likeness (QED) is 0.549. The first-order chi connectivity index (χ1) is 7.61. The Morgan fingerprint density at radius 1 is 1.62 bits per heavy atom. The van der Waals surface area contributed by atoms with Crippen LogP contribution in [0.4, 0.5) is 0 Å². The largest absolute Gasteiger partial charge is 0.388 e. The van der Waals surface area contributed by atoms with Gasteiger partial charge in [-0.15, -0.1) is 0 Å². The van der Waals surface area contributed by atoms with Crippen molar-refractivity contribution in [2.24, 2.45) is 5.73 Å². The Balaban J connectivity index is 2.31. The third-order valence-electron chi connectivity index (χ3n) is 2.55. The van der Waals surface area contributed by atoms with Crippen molar-refractivity contribution in [1.29, 1.82) is 0 Å². The molecule has 3 unspecified atom stereocenters. The molecule has 3 atom stereocenters. The number of rotatable bonds is 2. The molecule has 0 spiro atoms. The van der Waals surface area contributed by atoms with Crippen LogP contribution in [0.2, 0.25) is 0 Å². The van der Waals surface area contributed by atoms with Gasteiger partial charge in [0.05, 0.1) is 6.10 Å². The summed E-state index contributed by atoms with van der Waals surface area (Å²) in [5.41, 5.74) is 4.33. The number of nitrogens with one attached hydrogen (secondary N) is 1. The zero-order valence-corrected chi connectivity index (χ0v) is 8.50. The number of nitrogens with zero attached hydrogens (tertiary/aromatic N) is 1. The molecule has 4 N–H and O–H groups in total. The third kappa shape index (κ3) is 1.92. The molecule has 0 amide bonds. The number of ether oxygens (including phenoxy) is 1. The van der Waals surface area contributed by atoms with Gasteiger partial charge < -0.3 is 15.6 Å². The number of hydrogen-bond acceptors (Lipinski definition) is 5. The predicted octanol–water partition coefficient (Wildman–Crippen LogP) is -1.86. The van der Waals surface area contributed by atoms with Gasteiger partial charge in [-0.1, -0.05) is 0 Å². The van der Waals surface area contributed by atoms with Crippen LogP contribution < -0.4 is 17.0 Å². The van der Waals surface area contributed by atoms with E-state index >= 15 is 0 Å². The number of hydrogen-bond donors (Lipinski definition) is 3. The maximum atomic E-state index is 11.5. The fraction of sp³-hybridized carbons (Fsp3) is 0.556. The van der Waals surface area contributed by atoms with Crippen LogP contribution in [0.5, 0.6) is 0 Å². The Bertz CT molecular complexity index is 480. The molecule has 7 heteroatoms. The van der Waals surface area contributed by atoms with Gasteiger partial charge in [-0.05, 0) is 0 Å². The molecule has 7 nitrogen and oxygen atoms in total. The first kappa shape index (κ1) is 11.1. The van der Waals surface area contributed by atoms with Crippen molar-refractivity contribution in [3.8, 4) is 0 Å². The SMILES string of the molecule is NCC1CC(O)C(n2ccc(=O)[nH]c2=O)O1. The molecule has 88 valence electrons. The highest BCUT2D eigenvalue weighted by Crippen LogP contribution is 2.26. The van der Waals surface area contributed by atoms with Gasteiger partial charge in [0, 0.05) is 25.2 Å². The first-order valence-electron chi connectivity index (χ1n) is 4.97. The van der Waals surface area contributed by atoms with E-state index in [0.29, 0.717) is 6.42 Å². The van der Waals surface area contributed by atoms with Crippen LogP contribution in [0.15, 0.2) is 21.9 Å². The van der Waals surface area contributed by atoms with Gasteiger partial charge in [0.25, 0.3) is 5.56 Å². The predicted molar refractivity (Wildman–Crippen MR) is 54.9 cm³/mol. The van der Waals surface area contributed by atoms with Crippen molar-refractivity contribution in [1.82, 2.24) is 9.55 Å². The van der Waals surface area contributed by atoms with Gasteiger partial charge in [-0.2, -0.15) is 0 Å². The molecule has 0 aliphatic carbocycles. The minimum atomic E-state index is -0.794. The van der Waals surface area contributed by atoms with Crippen molar-refractivity contribution in [2.75, 3.05) is 6.54 Å². The van der Waals surface area contributed by atoms with Crippen LogP contribution in [-0.4, -0.2) is 33.4 Å². The lowest BCUT2D eigenvalue weighted by atomic mass is 10.2. The van der Waals surface area contributed by atoms with Crippen LogP contribution in [0, 0.1) is 0 Å². The highest BCUT2D eigenvalue weighted by atomic mass is 16.5. The van der Waals surface area contributed by atoms with Gasteiger partial charge in [0.15, 0.2) is 6.23 Å². The summed E-state index contributed by atoms with van der Waals surface area (Å²) >= 11 is 0. The Hall–Kier alpha value is -1.44. The third-order valence-corrected chi connectivity index (χ3v) is 2.55. The lowest BCUT2D eigenvalue weighted by Gasteiger charge is -2.16. The average Bonchev–Trinajstić information content (AvgIpc) is 2.60. The molecule has 1 aliphatic heterocycles. The van der Waals surface area contributed by atoms with Gasteiger partial charge in [-0.25, -0.2) is 4.79 Å². The topological polar surface area (TPSA) is 110 Å². The van der Waals surface area contributed by atoms with E-state index in [1.807, 2.05) is 0 Å². The molecule has 16 heavy (non-hydrogen) atoms. The lowest BCUT2D eigenvalue weighted by molar-refractivity contribution is -0.0372. The number of aromatic amines is 1. The Morgan fingerprint density at radius 3 is 2.94 bits per heavy atom. The molecule has 1 fully saturated rings. The number of nitrogens with two attached hydrogens (primary N) is 1. The van der Waals surface area contributed by atoms with E-state index in [-0.39, 0.29) is 12.6 Å². The smallest absolute Gasteiger partial charge is 0.330 e. The van der Waals surface area contributed by atoms with Crippen LogP contribution in [0.25, 0.3) is 0 Å². The Labute approximate surface area is 90.5 Å². The van der Waals surface area contributed by atoms with E-state index < -0.39 is 23.6 Å². The molecule has 0 radical (unpaired) electrons. The molecule has 2 rings (SSSR count). The average molecular weight is 227 g/mol. The first-order valence-corrected chi connectivity index (χ1v) is 4.97. The minimum absolute atomic E-state index is 0.265. The standard InChI is InChI=1S/C9H13N3O4/c10-4-5-3-6(13)8(16-5)12-2-1-7(14)11-9(12)15/h1-2,5-6,8,13H,3-4,10H2,(H,11,14,15). The fourth-order valence-electron chi connectivity index (χ4n) is 1.76. The van der Waals surface area contributed by atoms with E-state index in [4.69, 9.17) is 10.5 Å². The molecule has 1 aliphatic rings. The van der Waals surface area contributed by atoms with Crippen molar-refractivity contribution in [3.05, 3.63) is 33.1 Å². The number of aliphatic hydroxyl groups is 1. The van der Waals surface area contributed by atoms with Gasteiger partial charge in [-0.3, -0.25) is 14.3 Å². The van der Waals surface area contributed by atoms with Crippen molar-refractivity contribution in [3.63, 3.8) is 0 Å². The van der Waals surface area contributed by atoms with E-state index in [1.54, 1.807) is 0 Å². The Kier molecular flexibility index (Phi) is 2.90. The monoisotopic (exact) mass is 227 g/mol. The van der Waals surface area contributed by atoms with Crippen LogP contribution in [0.1, 0.15) is 12.6 Å². The number of aliphatic hydroxyl groups excluding tert-OH is 1.